The molecule has 0 aliphatic carbocycles. The van der Waals surface area contributed by atoms with Gasteiger partial charge in [-0.15, -0.1) is 0 Å². The van der Waals surface area contributed by atoms with Crippen molar-refractivity contribution in [1.82, 2.24) is 0 Å². The molecular weight excluding hydrogens is 248 g/mol. The highest BCUT2D eigenvalue weighted by Gasteiger charge is 2.24. The van der Waals surface area contributed by atoms with Gasteiger partial charge in [-0.25, -0.2) is 0 Å². The van der Waals surface area contributed by atoms with Gasteiger partial charge in [-0.1, -0.05) is 70.4 Å². The lowest BCUT2D eigenvalue weighted by molar-refractivity contribution is -0.123. The second kappa shape index (κ2) is 8.68. The van der Waals surface area contributed by atoms with E-state index in [0.29, 0.717) is 11.5 Å². The predicted molar refractivity (Wildman–Crippen MR) is 82.9 cm³/mol. The van der Waals surface area contributed by atoms with Crippen molar-refractivity contribution in [3.63, 3.8) is 0 Å². The van der Waals surface area contributed by atoms with Crippen LogP contribution in [-0.4, -0.2) is 11.6 Å². The first-order chi connectivity index (χ1) is 9.60. The van der Waals surface area contributed by atoms with Crippen LogP contribution in [0.1, 0.15) is 63.2 Å². The number of hydrogen-bond donors (Lipinski definition) is 0. The maximum Gasteiger partial charge on any atom is 0.170 e. The standard InChI is InChI=1S/C18H26O2/c1-4-6-10-14(3)16(5-2)18(20)13-17(19)15-11-8-7-9-12-15/h7-9,11-12,14,16H,4-6,10,13H2,1-3H3. The Bertz CT molecular complexity index is 422. The number of benzene rings is 1. The van der Waals surface area contributed by atoms with E-state index in [9.17, 15) is 9.59 Å². The number of ketones is 2. The van der Waals surface area contributed by atoms with Crippen molar-refractivity contribution in [3.05, 3.63) is 35.9 Å². The maximum atomic E-state index is 12.3. The average molecular weight is 274 g/mol. The quantitative estimate of drug-likeness (QED) is 0.484. The van der Waals surface area contributed by atoms with E-state index in [1.165, 1.54) is 0 Å². The molecule has 0 aliphatic rings. The smallest absolute Gasteiger partial charge is 0.170 e. The molecule has 20 heavy (non-hydrogen) atoms. The fourth-order valence-electron chi connectivity index (χ4n) is 2.69. The summed E-state index contributed by atoms with van der Waals surface area (Å²) in [5, 5.41) is 0. The van der Waals surface area contributed by atoms with Crippen LogP contribution in [0.5, 0.6) is 0 Å². The molecule has 0 saturated carbocycles. The molecule has 0 fully saturated rings. The van der Waals surface area contributed by atoms with Crippen LogP contribution in [-0.2, 0) is 4.79 Å². The molecule has 0 spiro atoms. The van der Waals surface area contributed by atoms with Gasteiger partial charge >= 0.3 is 0 Å². The molecule has 0 heterocycles. The molecule has 1 rings (SSSR count). The third-order valence-electron chi connectivity index (χ3n) is 3.98. The Morgan fingerprint density at radius 2 is 1.75 bits per heavy atom. The molecule has 0 radical (unpaired) electrons. The zero-order valence-electron chi connectivity index (χ0n) is 12.9. The fourth-order valence-corrected chi connectivity index (χ4v) is 2.69. The molecule has 2 unspecified atom stereocenters. The molecule has 2 heteroatoms. The topological polar surface area (TPSA) is 34.1 Å². The second-order valence-corrected chi connectivity index (χ2v) is 5.57. The number of carbonyl (C=O) groups is 2. The summed E-state index contributed by atoms with van der Waals surface area (Å²) >= 11 is 0. The minimum absolute atomic E-state index is 0.0224. The molecule has 2 atom stereocenters. The van der Waals surface area contributed by atoms with E-state index < -0.39 is 0 Å². The van der Waals surface area contributed by atoms with Gasteiger partial charge in [0.2, 0.25) is 0 Å². The van der Waals surface area contributed by atoms with Crippen molar-refractivity contribution in [2.75, 3.05) is 0 Å². The molecule has 2 nitrogen and oxygen atoms in total. The highest BCUT2D eigenvalue weighted by atomic mass is 16.1. The van der Waals surface area contributed by atoms with Crippen LogP contribution < -0.4 is 0 Å². The van der Waals surface area contributed by atoms with E-state index in [1.807, 2.05) is 25.1 Å². The largest absolute Gasteiger partial charge is 0.299 e. The summed E-state index contributed by atoms with van der Waals surface area (Å²) in [5.41, 5.74) is 0.636. The van der Waals surface area contributed by atoms with Crippen molar-refractivity contribution in [2.24, 2.45) is 11.8 Å². The minimum Gasteiger partial charge on any atom is -0.299 e. The normalized spacial score (nSPS) is 13.8. The van der Waals surface area contributed by atoms with Crippen LogP contribution in [0.15, 0.2) is 30.3 Å². The molecule has 110 valence electrons. The average Bonchev–Trinajstić information content (AvgIpc) is 2.46. The van der Waals surface area contributed by atoms with Crippen molar-refractivity contribution in [2.45, 2.75) is 52.9 Å². The van der Waals surface area contributed by atoms with E-state index in [4.69, 9.17) is 0 Å². The summed E-state index contributed by atoms with van der Waals surface area (Å²) in [6.07, 6.45) is 4.24. The number of hydrogen-bond acceptors (Lipinski definition) is 2. The van der Waals surface area contributed by atoms with Crippen molar-refractivity contribution in [1.29, 1.82) is 0 Å². The summed E-state index contributed by atoms with van der Waals surface area (Å²) in [4.78, 5) is 24.4. The van der Waals surface area contributed by atoms with Crippen LogP contribution in [0.3, 0.4) is 0 Å². The first-order valence-electron chi connectivity index (χ1n) is 7.71. The molecule has 0 amide bonds. The fraction of sp³-hybridized carbons (Fsp3) is 0.556. The molecule has 0 aliphatic heterocycles. The Morgan fingerprint density at radius 1 is 1.10 bits per heavy atom. The Hall–Kier alpha value is -1.44. The Balaban J connectivity index is 2.61. The number of Topliss-reactive ketones (excluding diaryl/α,β-unsaturated/α-hetero) is 2. The van der Waals surface area contributed by atoms with Crippen LogP contribution >= 0.6 is 0 Å². The Kier molecular flexibility index (Phi) is 7.21. The highest BCUT2D eigenvalue weighted by molar-refractivity contribution is 6.08. The summed E-state index contributed by atoms with van der Waals surface area (Å²) in [5.74, 6) is 0.437. The minimum atomic E-state index is -0.0586. The summed E-state index contributed by atoms with van der Waals surface area (Å²) in [6.45, 7) is 6.33. The van der Waals surface area contributed by atoms with E-state index in [0.717, 1.165) is 25.7 Å². The van der Waals surface area contributed by atoms with Crippen LogP contribution in [0.25, 0.3) is 0 Å². The van der Waals surface area contributed by atoms with Gasteiger partial charge < -0.3 is 0 Å². The number of carbonyl (C=O) groups excluding carboxylic acids is 2. The Labute approximate surface area is 122 Å². The molecule has 0 saturated heterocycles. The first-order valence-corrected chi connectivity index (χ1v) is 7.71. The van der Waals surface area contributed by atoms with Crippen LogP contribution in [0, 0.1) is 11.8 Å². The van der Waals surface area contributed by atoms with Gasteiger partial charge in [0.05, 0.1) is 6.42 Å². The first kappa shape index (κ1) is 16.6. The van der Waals surface area contributed by atoms with Crippen molar-refractivity contribution in [3.8, 4) is 0 Å². The van der Waals surface area contributed by atoms with E-state index >= 15 is 0 Å². The van der Waals surface area contributed by atoms with Gasteiger partial charge in [-0.2, -0.15) is 0 Å². The molecule has 1 aromatic carbocycles. The van der Waals surface area contributed by atoms with Crippen LogP contribution in [0.4, 0.5) is 0 Å². The van der Waals surface area contributed by atoms with Gasteiger partial charge in [0.25, 0.3) is 0 Å². The lowest BCUT2D eigenvalue weighted by atomic mass is 9.82. The van der Waals surface area contributed by atoms with E-state index in [1.54, 1.807) is 12.1 Å². The maximum absolute atomic E-state index is 12.3. The number of unbranched alkanes of at least 4 members (excludes halogenated alkanes) is 1. The molecule has 1 aromatic rings. The Morgan fingerprint density at radius 3 is 2.30 bits per heavy atom. The van der Waals surface area contributed by atoms with Gasteiger partial charge in [0, 0.05) is 11.5 Å². The van der Waals surface area contributed by atoms with E-state index in [2.05, 4.69) is 13.8 Å². The molecule has 0 N–H and O–H groups in total. The second-order valence-electron chi connectivity index (χ2n) is 5.57. The highest BCUT2D eigenvalue weighted by Crippen LogP contribution is 2.24. The van der Waals surface area contributed by atoms with Gasteiger partial charge in [0.1, 0.15) is 5.78 Å². The summed E-state index contributed by atoms with van der Waals surface area (Å²) < 4.78 is 0. The third kappa shape index (κ3) is 4.92. The zero-order chi connectivity index (χ0) is 15.0. The lowest BCUT2D eigenvalue weighted by Crippen LogP contribution is -2.24. The third-order valence-corrected chi connectivity index (χ3v) is 3.98. The monoisotopic (exact) mass is 274 g/mol. The van der Waals surface area contributed by atoms with Gasteiger partial charge in [-0.3, -0.25) is 9.59 Å². The SMILES string of the molecule is CCCCC(C)C(CC)C(=O)CC(=O)c1ccccc1. The van der Waals surface area contributed by atoms with Crippen molar-refractivity contribution < 1.29 is 9.59 Å². The lowest BCUT2D eigenvalue weighted by Gasteiger charge is -2.21. The zero-order valence-corrected chi connectivity index (χ0v) is 12.9. The van der Waals surface area contributed by atoms with Crippen molar-refractivity contribution >= 4 is 11.6 Å². The molecule has 0 bridgehead atoms. The van der Waals surface area contributed by atoms with Gasteiger partial charge in [0.15, 0.2) is 5.78 Å². The molecule has 0 aromatic heterocycles. The predicted octanol–water partition coefficient (Wildman–Crippen LogP) is 4.68. The number of rotatable bonds is 9. The van der Waals surface area contributed by atoms with Crippen LogP contribution in [0.2, 0.25) is 0 Å². The molecular formula is C18H26O2. The summed E-state index contributed by atoms with van der Waals surface area (Å²) in [6, 6.07) is 9.09. The van der Waals surface area contributed by atoms with E-state index in [-0.39, 0.29) is 23.9 Å². The summed E-state index contributed by atoms with van der Waals surface area (Å²) in [7, 11) is 0. The van der Waals surface area contributed by atoms with Gasteiger partial charge in [-0.05, 0) is 12.3 Å².